The van der Waals surface area contributed by atoms with Gasteiger partial charge in [-0.3, -0.25) is 0 Å². The van der Waals surface area contributed by atoms with Crippen LogP contribution in [0.2, 0.25) is 0 Å². The minimum Gasteiger partial charge on any atom is -0.457 e. The Kier molecular flexibility index (Phi) is 5.15. The van der Waals surface area contributed by atoms with E-state index in [0.29, 0.717) is 22.9 Å². The van der Waals surface area contributed by atoms with Gasteiger partial charge in [0.05, 0.1) is 21.2 Å². The van der Waals surface area contributed by atoms with Crippen molar-refractivity contribution in [2.24, 2.45) is 0 Å². The molecular formula is C20H18N4O5S2. The molecule has 4 rings (SSSR count). The van der Waals surface area contributed by atoms with Gasteiger partial charge in [0, 0.05) is 12.4 Å². The maximum atomic E-state index is 12.6. The van der Waals surface area contributed by atoms with E-state index in [0.717, 1.165) is 8.17 Å². The molecule has 0 spiro atoms. The zero-order chi connectivity index (χ0) is 22.2. The van der Waals surface area contributed by atoms with E-state index < -0.39 is 20.0 Å². The Hall–Kier alpha value is -3.44. The first kappa shape index (κ1) is 20.8. The van der Waals surface area contributed by atoms with E-state index in [2.05, 4.69) is 10.2 Å². The van der Waals surface area contributed by atoms with E-state index in [1.54, 1.807) is 26.0 Å². The molecule has 0 saturated heterocycles. The van der Waals surface area contributed by atoms with Gasteiger partial charge in [-0.1, -0.05) is 0 Å². The third kappa shape index (κ3) is 4.09. The number of benzene rings is 2. The Balaban J connectivity index is 1.51. The highest BCUT2D eigenvalue weighted by Crippen LogP contribution is 2.25. The van der Waals surface area contributed by atoms with Crippen molar-refractivity contribution in [1.29, 1.82) is 0 Å². The molecule has 4 aromatic rings. The number of ether oxygens (including phenoxy) is 1. The highest BCUT2D eigenvalue weighted by molar-refractivity contribution is 7.90. The lowest BCUT2D eigenvalue weighted by Crippen LogP contribution is -2.13. The van der Waals surface area contributed by atoms with Gasteiger partial charge < -0.3 is 4.74 Å². The molecule has 2 aromatic carbocycles. The lowest BCUT2D eigenvalue weighted by Gasteiger charge is -2.09. The van der Waals surface area contributed by atoms with Crippen molar-refractivity contribution in [2.45, 2.75) is 23.6 Å². The summed E-state index contributed by atoms with van der Waals surface area (Å²) in [7, 11) is -7.56. The molecule has 0 aliphatic rings. The van der Waals surface area contributed by atoms with Gasteiger partial charge in [-0.25, -0.2) is 0 Å². The number of rotatable bonds is 6. The van der Waals surface area contributed by atoms with Crippen LogP contribution in [-0.2, 0) is 20.0 Å². The molecule has 0 unspecified atom stereocenters. The average Bonchev–Trinajstić information content (AvgIpc) is 3.38. The van der Waals surface area contributed by atoms with Crippen molar-refractivity contribution < 1.29 is 21.6 Å². The second-order valence-electron chi connectivity index (χ2n) is 6.71. The smallest absolute Gasteiger partial charge is 0.282 e. The summed E-state index contributed by atoms with van der Waals surface area (Å²) in [5.74, 6) is 0.794. The van der Waals surface area contributed by atoms with Crippen molar-refractivity contribution in [2.75, 3.05) is 0 Å². The standard InChI is InChI=1S/C20H18N4O5S2/c1-15-11-13-23(21-15)30(25,26)19-7-3-17(4-8-19)29-18-5-9-20(10-6-18)31(27,28)24-14-12-16(2)22-24/h3-14H,1-2H3. The molecule has 0 atom stereocenters. The number of nitrogens with zero attached hydrogens (tertiary/aromatic N) is 4. The van der Waals surface area contributed by atoms with Gasteiger partial charge in [-0.05, 0) is 74.5 Å². The maximum absolute atomic E-state index is 12.6. The molecule has 31 heavy (non-hydrogen) atoms. The number of aromatic nitrogens is 4. The summed E-state index contributed by atoms with van der Waals surface area (Å²) in [6, 6.07) is 14.9. The van der Waals surface area contributed by atoms with E-state index in [9.17, 15) is 16.8 Å². The van der Waals surface area contributed by atoms with E-state index >= 15 is 0 Å². The molecule has 11 heteroatoms. The first-order valence-electron chi connectivity index (χ1n) is 9.10. The Morgan fingerprint density at radius 3 is 1.26 bits per heavy atom. The van der Waals surface area contributed by atoms with Crippen LogP contribution in [0.3, 0.4) is 0 Å². The number of aryl methyl sites for hydroxylation is 2. The topological polar surface area (TPSA) is 113 Å². The summed E-state index contributed by atoms with van der Waals surface area (Å²) in [6.45, 7) is 3.41. The number of hydrogen-bond donors (Lipinski definition) is 0. The third-order valence-electron chi connectivity index (χ3n) is 4.37. The quantitative estimate of drug-likeness (QED) is 0.436. The molecule has 0 aliphatic carbocycles. The van der Waals surface area contributed by atoms with Crippen LogP contribution in [0, 0.1) is 13.8 Å². The molecule has 0 saturated carbocycles. The summed E-state index contributed by atoms with van der Waals surface area (Å²) in [6.07, 6.45) is 2.77. The van der Waals surface area contributed by atoms with Crippen LogP contribution in [-0.4, -0.2) is 35.2 Å². The fourth-order valence-electron chi connectivity index (χ4n) is 2.77. The van der Waals surface area contributed by atoms with Crippen LogP contribution in [0.15, 0.2) is 82.8 Å². The Bertz CT molecular complexity index is 1320. The van der Waals surface area contributed by atoms with Crippen LogP contribution < -0.4 is 4.74 Å². The van der Waals surface area contributed by atoms with Crippen molar-refractivity contribution in [1.82, 2.24) is 18.4 Å². The average molecular weight is 459 g/mol. The molecule has 2 aromatic heterocycles. The fraction of sp³-hybridized carbons (Fsp3) is 0.100. The minimum atomic E-state index is -3.78. The second kappa shape index (κ2) is 7.67. The van der Waals surface area contributed by atoms with Crippen LogP contribution >= 0.6 is 0 Å². The van der Waals surface area contributed by atoms with Crippen molar-refractivity contribution in [3.05, 3.63) is 84.4 Å². The maximum Gasteiger partial charge on any atom is 0.282 e. The van der Waals surface area contributed by atoms with Gasteiger partial charge in [0.15, 0.2) is 0 Å². The van der Waals surface area contributed by atoms with Crippen molar-refractivity contribution in [3.63, 3.8) is 0 Å². The van der Waals surface area contributed by atoms with E-state index in [1.807, 2.05) is 0 Å². The summed E-state index contributed by atoms with van der Waals surface area (Å²) in [5, 5.41) is 7.88. The Labute approximate surface area is 179 Å². The zero-order valence-corrected chi connectivity index (χ0v) is 18.2. The van der Waals surface area contributed by atoms with Crippen molar-refractivity contribution in [3.8, 4) is 11.5 Å². The van der Waals surface area contributed by atoms with E-state index in [-0.39, 0.29) is 9.79 Å². The summed E-state index contributed by atoms with van der Waals surface area (Å²) in [5.41, 5.74) is 1.19. The summed E-state index contributed by atoms with van der Waals surface area (Å²) >= 11 is 0. The van der Waals surface area contributed by atoms with Gasteiger partial charge in [0.1, 0.15) is 11.5 Å². The Morgan fingerprint density at radius 1 is 0.613 bits per heavy atom. The predicted molar refractivity (Wildman–Crippen MR) is 112 cm³/mol. The molecule has 0 radical (unpaired) electrons. The molecule has 160 valence electrons. The molecule has 0 bridgehead atoms. The SMILES string of the molecule is Cc1ccn(S(=O)(=O)c2ccc(Oc3ccc(S(=O)(=O)n4ccc(C)n4)cc3)cc2)n1. The van der Waals surface area contributed by atoms with Gasteiger partial charge in [-0.2, -0.15) is 35.2 Å². The first-order chi connectivity index (χ1) is 14.7. The summed E-state index contributed by atoms with van der Waals surface area (Å²) < 4.78 is 57.8. The van der Waals surface area contributed by atoms with Crippen LogP contribution in [0.5, 0.6) is 11.5 Å². The molecule has 9 nitrogen and oxygen atoms in total. The van der Waals surface area contributed by atoms with Crippen LogP contribution in [0.1, 0.15) is 11.4 Å². The second-order valence-corrected chi connectivity index (χ2v) is 10.3. The predicted octanol–water partition coefficient (Wildman–Crippen LogP) is 2.96. The monoisotopic (exact) mass is 458 g/mol. The fourth-order valence-corrected chi connectivity index (χ4v) is 5.07. The van der Waals surface area contributed by atoms with Gasteiger partial charge in [-0.15, -0.1) is 0 Å². The molecule has 0 fully saturated rings. The van der Waals surface area contributed by atoms with Gasteiger partial charge in [0.25, 0.3) is 20.0 Å². The van der Waals surface area contributed by atoms with Crippen LogP contribution in [0.4, 0.5) is 0 Å². The lowest BCUT2D eigenvalue weighted by molar-refractivity contribution is 0.481. The largest absolute Gasteiger partial charge is 0.457 e. The van der Waals surface area contributed by atoms with E-state index in [4.69, 9.17) is 4.74 Å². The minimum absolute atomic E-state index is 0.0684. The number of hydrogen-bond acceptors (Lipinski definition) is 7. The van der Waals surface area contributed by atoms with Crippen molar-refractivity contribution >= 4 is 20.0 Å². The third-order valence-corrected chi connectivity index (χ3v) is 7.50. The highest BCUT2D eigenvalue weighted by atomic mass is 32.2. The zero-order valence-electron chi connectivity index (χ0n) is 16.6. The molecule has 0 aliphatic heterocycles. The normalized spacial score (nSPS) is 12.1. The van der Waals surface area contributed by atoms with E-state index in [1.165, 1.54) is 60.9 Å². The van der Waals surface area contributed by atoms with Crippen LogP contribution in [0.25, 0.3) is 0 Å². The lowest BCUT2D eigenvalue weighted by atomic mass is 10.3. The molecule has 2 heterocycles. The summed E-state index contributed by atoms with van der Waals surface area (Å²) in [4.78, 5) is 0.137. The molecule has 0 amide bonds. The Morgan fingerprint density at radius 2 is 0.968 bits per heavy atom. The molecule has 0 N–H and O–H groups in total. The highest BCUT2D eigenvalue weighted by Gasteiger charge is 2.19. The van der Waals surface area contributed by atoms with Gasteiger partial charge in [0.2, 0.25) is 0 Å². The molecular weight excluding hydrogens is 440 g/mol. The van der Waals surface area contributed by atoms with Gasteiger partial charge >= 0.3 is 0 Å². The first-order valence-corrected chi connectivity index (χ1v) is 12.0.